The van der Waals surface area contributed by atoms with Gasteiger partial charge in [0.15, 0.2) is 0 Å². The van der Waals surface area contributed by atoms with Crippen molar-refractivity contribution >= 4 is 0 Å². The van der Waals surface area contributed by atoms with E-state index in [1.54, 1.807) is 19.1 Å². The van der Waals surface area contributed by atoms with Crippen LogP contribution in [0.1, 0.15) is 12.5 Å². The Morgan fingerprint density at radius 3 is 2.62 bits per heavy atom. The van der Waals surface area contributed by atoms with Crippen molar-refractivity contribution in [3.63, 3.8) is 0 Å². The fraction of sp³-hybridized carbons (Fsp3) is 0.300. The summed E-state index contributed by atoms with van der Waals surface area (Å²) in [5, 5.41) is 11.5. The van der Waals surface area contributed by atoms with Crippen molar-refractivity contribution in [2.75, 3.05) is 0 Å². The summed E-state index contributed by atoms with van der Waals surface area (Å²) in [4.78, 5) is 0. The number of nitrogens with zero attached hydrogens (tertiary/aromatic N) is 1. The third-order valence-electron chi connectivity index (χ3n) is 1.72. The standard InChI is InChI=1S/C10H11FN2/c1-8(6-12)13-7-9-2-4-10(11)5-3-9/h2-5,8,13H,7H2,1H3. The average Bonchev–Trinajstić information content (AvgIpc) is 2.16. The zero-order valence-corrected chi connectivity index (χ0v) is 7.42. The lowest BCUT2D eigenvalue weighted by Crippen LogP contribution is -2.23. The van der Waals surface area contributed by atoms with Gasteiger partial charge in [0.05, 0.1) is 12.1 Å². The van der Waals surface area contributed by atoms with Gasteiger partial charge in [-0.2, -0.15) is 5.26 Å². The first-order valence-electron chi connectivity index (χ1n) is 4.10. The summed E-state index contributed by atoms with van der Waals surface area (Å²) in [5.74, 6) is -0.239. The van der Waals surface area contributed by atoms with Crippen LogP contribution in [0.15, 0.2) is 24.3 Å². The average molecular weight is 178 g/mol. The molecule has 1 N–H and O–H groups in total. The molecule has 0 amide bonds. The Hall–Kier alpha value is -1.40. The van der Waals surface area contributed by atoms with Crippen LogP contribution in [-0.2, 0) is 6.54 Å². The van der Waals surface area contributed by atoms with Crippen LogP contribution in [0.2, 0.25) is 0 Å². The van der Waals surface area contributed by atoms with E-state index in [1.807, 2.05) is 0 Å². The lowest BCUT2D eigenvalue weighted by atomic mass is 10.2. The van der Waals surface area contributed by atoms with Crippen molar-refractivity contribution in [1.29, 1.82) is 5.26 Å². The number of halogens is 1. The summed E-state index contributed by atoms with van der Waals surface area (Å²) >= 11 is 0. The third kappa shape index (κ3) is 3.22. The normalized spacial score (nSPS) is 12.1. The molecule has 1 unspecified atom stereocenters. The van der Waals surface area contributed by atoms with Crippen molar-refractivity contribution < 1.29 is 4.39 Å². The molecule has 68 valence electrons. The van der Waals surface area contributed by atoms with Crippen LogP contribution in [0.5, 0.6) is 0 Å². The molecule has 1 aromatic rings. The second-order valence-electron chi connectivity index (χ2n) is 2.86. The van der Waals surface area contributed by atoms with E-state index in [9.17, 15) is 4.39 Å². The molecule has 0 heterocycles. The highest BCUT2D eigenvalue weighted by Gasteiger charge is 1.98. The van der Waals surface area contributed by atoms with E-state index in [4.69, 9.17) is 5.26 Å². The van der Waals surface area contributed by atoms with E-state index in [2.05, 4.69) is 11.4 Å². The summed E-state index contributed by atoms with van der Waals surface area (Å²) in [6, 6.07) is 8.11. The highest BCUT2D eigenvalue weighted by atomic mass is 19.1. The molecule has 0 aliphatic rings. The number of hydrogen-bond donors (Lipinski definition) is 1. The maximum atomic E-state index is 12.5. The van der Waals surface area contributed by atoms with Crippen LogP contribution >= 0.6 is 0 Å². The molecule has 0 spiro atoms. The maximum Gasteiger partial charge on any atom is 0.123 e. The lowest BCUT2D eigenvalue weighted by molar-refractivity contribution is 0.620. The quantitative estimate of drug-likeness (QED) is 0.766. The largest absolute Gasteiger partial charge is 0.298 e. The van der Waals surface area contributed by atoms with Crippen molar-refractivity contribution in [1.82, 2.24) is 5.32 Å². The molecular formula is C10H11FN2. The van der Waals surface area contributed by atoms with E-state index >= 15 is 0 Å². The number of hydrogen-bond acceptors (Lipinski definition) is 2. The highest BCUT2D eigenvalue weighted by molar-refractivity contribution is 5.16. The Morgan fingerprint density at radius 2 is 2.08 bits per heavy atom. The minimum atomic E-state index is -0.239. The minimum Gasteiger partial charge on any atom is -0.298 e. The summed E-state index contributed by atoms with van der Waals surface area (Å²) in [5.41, 5.74) is 0.975. The molecule has 0 saturated carbocycles. The Balaban J connectivity index is 2.47. The predicted molar refractivity (Wildman–Crippen MR) is 48.3 cm³/mol. The van der Waals surface area contributed by atoms with Crippen molar-refractivity contribution in [3.8, 4) is 6.07 Å². The molecule has 0 fully saturated rings. The molecule has 0 bridgehead atoms. The molecule has 1 rings (SSSR count). The Bertz CT molecular complexity index is 300. The van der Waals surface area contributed by atoms with Gasteiger partial charge < -0.3 is 0 Å². The van der Waals surface area contributed by atoms with Crippen molar-refractivity contribution in [2.45, 2.75) is 19.5 Å². The second kappa shape index (κ2) is 4.58. The van der Waals surface area contributed by atoms with E-state index < -0.39 is 0 Å². The van der Waals surface area contributed by atoms with Crippen LogP contribution in [-0.4, -0.2) is 6.04 Å². The molecule has 0 aliphatic carbocycles. The van der Waals surface area contributed by atoms with Crippen molar-refractivity contribution in [3.05, 3.63) is 35.6 Å². The van der Waals surface area contributed by atoms with Crippen LogP contribution < -0.4 is 5.32 Å². The van der Waals surface area contributed by atoms with Gasteiger partial charge in [-0.25, -0.2) is 4.39 Å². The zero-order chi connectivity index (χ0) is 9.68. The molecule has 3 heteroatoms. The van der Waals surface area contributed by atoms with Gasteiger partial charge >= 0.3 is 0 Å². The molecule has 0 radical (unpaired) electrons. The topological polar surface area (TPSA) is 35.8 Å². The Kier molecular flexibility index (Phi) is 3.41. The first-order valence-corrected chi connectivity index (χ1v) is 4.10. The lowest BCUT2D eigenvalue weighted by Gasteiger charge is -2.05. The Labute approximate surface area is 77.0 Å². The van der Waals surface area contributed by atoms with Gasteiger partial charge in [-0.15, -0.1) is 0 Å². The number of nitriles is 1. The van der Waals surface area contributed by atoms with Gasteiger partial charge in [0.25, 0.3) is 0 Å². The maximum absolute atomic E-state index is 12.5. The van der Waals surface area contributed by atoms with Gasteiger partial charge in [0.2, 0.25) is 0 Å². The molecule has 1 atom stereocenters. The molecular weight excluding hydrogens is 167 g/mol. The van der Waals surface area contributed by atoms with E-state index in [1.165, 1.54) is 12.1 Å². The van der Waals surface area contributed by atoms with Gasteiger partial charge in [-0.3, -0.25) is 5.32 Å². The fourth-order valence-electron chi connectivity index (χ4n) is 0.919. The van der Waals surface area contributed by atoms with Gasteiger partial charge in [-0.1, -0.05) is 12.1 Å². The molecule has 2 nitrogen and oxygen atoms in total. The number of rotatable bonds is 3. The number of nitrogens with one attached hydrogen (secondary N) is 1. The molecule has 0 aliphatic heterocycles. The van der Waals surface area contributed by atoms with Crippen LogP contribution in [0.3, 0.4) is 0 Å². The SMILES string of the molecule is CC(C#N)NCc1ccc(F)cc1. The smallest absolute Gasteiger partial charge is 0.123 e. The monoisotopic (exact) mass is 178 g/mol. The second-order valence-corrected chi connectivity index (χ2v) is 2.86. The van der Waals surface area contributed by atoms with E-state index in [0.29, 0.717) is 6.54 Å². The first-order chi connectivity index (χ1) is 6.22. The highest BCUT2D eigenvalue weighted by Crippen LogP contribution is 2.02. The van der Waals surface area contributed by atoms with Gasteiger partial charge in [-0.05, 0) is 24.6 Å². The van der Waals surface area contributed by atoms with Crippen LogP contribution in [0, 0.1) is 17.1 Å². The third-order valence-corrected chi connectivity index (χ3v) is 1.72. The van der Waals surface area contributed by atoms with Crippen molar-refractivity contribution in [2.24, 2.45) is 0 Å². The van der Waals surface area contributed by atoms with Crippen LogP contribution in [0.25, 0.3) is 0 Å². The fourth-order valence-corrected chi connectivity index (χ4v) is 0.919. The van der Waals surface area contributed by atoms with E-state index in [0.717, 1.165) is 5.56 Å². The van der Waals surface area contributed by atoms with E-state index in [-0.39, 0.29) is 11.9 Å². The minimum absolute atomic E-state index is 0.176. The van der Waals surface area contributed by atoms with Gasteiger partial charge in [0, 0.05) is 6.54 Å². The van der Waals surface area contributed by atoms with Gasteiger partial charge in [0.1, 0.15) is 5.82 Å². The molecule has 1 aromatic carbocycles. The zero-order valence-electron chi connectivity index (χ0n) is 7.42. The first kappa shape index (κ1) is 9.69. The summed E-state index contributed by atoms with van der Waals surface area (Å²) in [6.45, 7) is 2.37. The van der Waals surface area contributed by atoms with Crippen LogP contribution in [0.4, 0.5) is 4.39 Å². The summed E-state index contributed by atoms with van der Waals surface area (Å²) in [7, 11) is 0. The predicted octanol–water partition coefficient (Wildman–Crippen LogP) is 1.83. The number of benzene rings is 1. The molecule has 13 heavy (non-hydrogen) atoms. The molecule has 0 saturated heterocycles. The summed E-state index contributed by atoms with van der Waals surface area (Å²) in [6.07, 6.45) is 0. The molecule has 0 aromatic heterocycles. The Morgan fingerprint density at radius 1 is 1.46 bits per heavy atom. The summed E-state index contributed by atoms with van der Waals surface area (Å²) < 4.78 is 12.5.